The molecular weight excluding hydrogens is 278 g/mol. The molecule has 0 bridgehead atoms. The van der Waals surface area contributed by atoms with Crippen LogP contribution in [0, 0.1) is 11.8 Å². The summed E-state index contributed by atoms with van der Waals surface area (Å²) in [5.74, 6) is 5.60. The van der Waals surface area contributed by atoms with Gasteiger partial charge in [0.1, 0.15) is 5.75 Å². The maximum absolute atomic E-state index is 11.8. The average molecular weight is 293 g/mol. The minimum Gasteiger partial charge on any atom is -0.497 e. The number of rotatable bonds is 3. The van der Waals surface area contributed by atoms with Crippen LogP contribution in [-0.4, -0.2) is 18.8 Å². The number of ether oxygens (including phenoxy) is 1. The van der Waals surface area contributed by atoms with Gasteiger partial charge in [-0.25, -0.2) is 0 Å². The number of carbonyl (C=O) groups excluding carboxylic acids is 2. The molecule has 4 heteroatoms. The van der Waals surface area contributed by atoms with Gasteiger partial charge in [0.05, 0.1) is 7.11 Å². The third kappa shape index (κ3) is 4.22. The molecular formula is C18H15NO3. The Morgan fingerprint density at radius 3 is 2.18 bits per heavy atom. The van der Waals surface area contributed by atoms with Gasteiger partial charge in [-0.15, -0.1) is 0 Å². The number of Topliss-reactive ketones (excluding diaryl/α,β-unsaturated/α-hetero) is 1. The quantitative estimate of drug-likeness (QED) is 0.699. The molecule has 0 radical (unpaired) electrons. The van der Waals surface area contributed by atoms with E-state index < -0.39 is 5.91 Å². The van der Waals surface area contributed by atoms with Crippen molar-refractivity contribution in [1.29, 1.82) is 0 Å². The van der Waals surface area contributed by atoms with Crippen molar-refractivity contribution < 1.29 is 14.3 Å². The van der Waals surface area contributed by atoms with E-state index in [1.54, 1.807) is 55.6 Å². The summed E-state index contributed by atoms with van der Waals surface area (Å²) in [6.45, 7) is 1.49. The fraction of sp³-hybridized carbons (Fsp3) is 0.111. The third-order valence-electron chi connectivity index (χ3n) is 2.96. The summed E-state index contributed by atoms with van der Waals surface area (Å²) in [5.41, 5.74) is 1.92. The van der Waals surface area contributed by atoms with E-state index in [9.17, 15) is 9.59 Å². The van der Waals surface area contributed by atoms with Crippen LogP contribution >= 0.6 is 0 Å². The zero-order valence-electron chi connectivity index (χ0n) is 12.3. The normalized spacial score (nSPS) is 9.36. The summed E-state index contributed by atoms with van der Waals surface area (Å²) in [7, 11) is 1.59. The number of nitrogens with one attached hydrogen (secondary N) is 1. The number of amides is 1. The van der Waals surface area contributed by atoms with E-state index in [2.05, 4.69) is 17.2 Å². The van der Waals surface area contributed by atoms with E-state index in [1.165, 1.54) is 6.92 Å². The van der Waals surface area contributed by atoms with Crippen molar-refractivity contribution in [3.8, 4) is 17.6 Å². The molecule has 0 saturated carbocycles. The van der Waals surface area contributed by atoms with E-state index in [4.69, 9.17) is 4.74 Å². The monoisotopic (exact) mass is 293 g/mol. The first kappa shape index (κ1) is 15.3. The predicted molar refractivity (Wildman–Crippen MR) is 84.9 cm³/mol. The van der Waals surface area contributed by atoms with Crippen molar-refractivity contribution in [3.05, 3.63) is 59.7 Å². The van der Waals surface area contributed by atoms with Gasteiger partial charge in [0.2, 0.25) is 0 Å². The van der Waals surface area contributed by atoms with Gasteiger partial charge >= 0.3 is 5.91 Å². The molecule has 0 unspecified atom stereocenters. The Bertz CT molecular complexity index is 735. The Labute approximate surface area is 129 Å². The van der Waals surface area contributed by atoms with Crippen molar-refractivity contribution in [3.63, 3.8) is 0 Å². The van der Waals surface area contributed by atoms with Crippen LogP contribution in [-0.2, 0) is 4.79 Å². The van der Waals surface area contributed by atoms with Gasteiger partial charge in [0.25, 0.3) is 0 Å². The Morgan fingerprint density at radius 2 is 1.64 bits per heavy atom. The number of carbonyl (C=O) groups is 2. The highest BCUT2D eigenvalue weighted by atomic mass is 16.5. The van der Waals surface area contributed by atoms with Crippen molar-refractivity contribution in [2.45, 2.75) is 6.92 Å². The first-order chi connectivity index (χ1) is 10.6. The molecule has 0 heterocycles. The summed E-state index contributed by atoms with van der Waals surface area (Å²) >= 11 is 0. The molecule has 0 spiro atoms. The van der Waals surface area contributed by atoms with Crippen molar-refractivity contribution in [2.24, 2.45) is 0 Å². The van der Waals surface area contributed by atoms with E-state index in [-0.39, 0.29) is 5.78 Å². The van der Waals surface area contributed by atoms with Gasteiger partial charge < -0.3 is 10.1 Å². The van der Waals surface area contributed by atoms with Crippen LogP contribution in [0.1, 0.15) is 22.8 Å². The van der Waals surface area contributed by atoms with Gasteiger partial charge in [-0.1, -0.05) is 5.92 Å². The Hall–Kier alpha value is -3.06. The molecule has 2 rings (SSSR count). The van der Waals surface area contributed by atoms with Gasteiger partial charge in [-0.2, -0.15) is 0 Å². The third-order valence-corrected chi connectivity index (χ3v) is 2.96. The van der Waals surface area contributed by atoms with Crippen LogP contribution in [0.25, 0.3) is 0 Å². The lowest BCUT2D eigenvalue weighted by Crippen LogP contribution is -2.08. The second-order valence-corrected chi connectivity index (χ2v) is 4.57. The summed E-state index contributed by atoms with van der Waals surface area (Å²) < 4.78 is 5.05. The summed E-state index contributed by atoms with van der Waals surface area (Å²) in [5, 5.41) is 2.65. The number of hydrogen-bond donors (Lipinski definition) is 1. The van der Waals surface area contributed by atoms with E-state index in [1.807, 2.05) is 0 Å². The minimum absolute atomic E-state index is 0.0165. The zero-order valence-corrected chi connectivity index (χ0v) is 12.3. The molecule has 2 aromatic carbocycles. The topological polar surface area (TPSA) is 55.4 Å². The number of methoxy groups -OCH3 is 1. The molecule has 0 aliphatic carbocycles. The van der Waals surface area contributed by atoms with E-state index >= 15 is 0 Å². The lowest BCUT2D eigenvalue weighted by molar-refractivity contribution is -0.111. The number of hydrogen-bond acceptors (Lipinski definition) is 3. The standard InChI is InChI=1S/C18H15NO3/c1-13(20)15-6-8-16(9-7-15)19-18(21)12-5-14-3-10-17(22-2)11-4-14/h3-4,6-11H,1-2H3,(H,19,21). The highest BCUT2D eigenvalue weighted by molar-refractivity contribution is 6.04. The zero-order chi connectivity index (χ0) is 15.9. The molecule has 0 aliphatic heterocycles. The summed E-state index contributed by atoms with van der Waals surface area (Å²) in [6.07, 6.45) is 0. The van der Waals surface area contributed by atoms with Crippen LogP contribution in [0.4, 0.5) is 5.69 Å². The SMILES string of the molecule is COc1ccc(C#CC(=O)Nc2ccc(C(C)=O)cc2)cc1. The van der Waals surface area contributed by atoms with Crippen LogP contribution in [0.15, 0.2) is 48.5 Å². The first-order valence-electron chi connectivity index (χ1n) is 6.66. The predicted octanol–water partition coefficient (Wildman–Crippen LogP) is 2.89. The molecule has 0 fully saturated rings. The molecule has 4 nitrogen and oxygen atoms in total. The largest absolute Gasteiger partial charge is 0.497 e. The fourth-order valence-electron chi connectivity index (χ4n) is 1.75. The molecule has 0 aliphatic rings. The van der Waals surface area contributed by atoms with Crippen LogP contribution in [0.2, 0.25) is 0 Å². The van der Waals surface area contributed by atoms with Gasteiger partial charge in [0, 0.05) is 22.7 Å². The van der Waals surface area contributed by atoms with Gasteiger partial charge in [-0.3, -0.25) is 9.59 Å². The second kappa shape index (κ2) is 7.09. The van der Waals surface area contributed by atoms with Gasteiger partial charge in [-0.05, 0) is 55.5 Å². The Kier molecular flexibility index (Phi) is 4.94. The van der Waals surface area contributed by atoms with Crippen molar-refractivity contribution in [2.75, 3.05) is 12.4 Å². The maximum Gasteiger partial charge on any atom is 0.300 e. The average Bonchev–Trinajstić information content (AvgIpc) is 2.54. The molecule has 1 amide bonds. The van der Waals surface area contributed by atoms with Crippen molar-refractivity contribution in [1.82, 2.24) is 0 Å². The second-order valence-electron chi connectivity index (χ2n) is 4.57. The molecule has 1 N–H and O–H groups in total. The first-order valence-corrected chi connectivity index (χ1v) is 6.66. The molecule has 0 saturated heterocycles. The summed E-state index contributed by atoms with van der Waals surface area (Å²) in [6, 6.07) is 13.8. The highest BCUT2D eigenvalue weighted by Crippen LogP contribution is 2.11. The lowest BCUT2D eigenvalue weighted by atomic mass is 10.1. The molecule has 22 heavy (non-hydrogen) atoms. The minimum atomic E-state index is -0.411. The Morgan fingerprint density at radius 1 is 1.00 bits per heavy atom. The number of ketones is 1. The maximum atomic E-state index is 11.8. The van der Waals surface area contributed by atoms with Gasteiger partial charge in [0.15, 0.2) is 5.78 Å². The van der Waals surface area contributed by atoms with Crippen LogP contribution in [0.3, 0.4) is 0 Å². The lowest BCUT2D eigenvalue weighted by Gasteiger charge is -2.01. The summed E-state index contributed by atoms with van der Waals surface area (Å²) in [4.78, 5) is 22.9. The van der Waals surface area contributed by atoms with Crippen molar-refractivity contribution >= 4 is 17.4 Å². The van der Waals surface area contributed by atoms with Crippen LogP contribution < -0.4 is 10.1 Å². The molecule has 110 valence electrons. The van der Waals surface area contributed by atoms with E-state index in [0.29, 0.717) is 11.3 Å². The molecule has 0 aromatic heterocycles. The van der Waals surface area contributed by atoms with E-state index in [0.717, 1.165) is 11.3 Å². The number of benzene rings is 2. The highest BCUT2D eigenvalue weighted by Gasteiger charge is 2.01. The fourth-order valence-corrected chi connectivity index (χ4v) is 1.75. The smallest absolute Gasteiger partial charge is 0.300 e. The molecule has 2 aromatic rings. The number of anilines is 1. The Balaban J connectivity index is 2.00. The van der Waals surface area contributed by atoms with Crippen LogP contribution in [0.5, 0.6) is 5.75 Å². The molecule has 0 atom stereocenters.